The van der Waals surface area contributed by atoms with E-state index in [-0.39, 0.29) is 17.4 Å². The molecule has 0 amide bonds. The molecule has 0 aliphatic rings. The molecule has 21 heavy (non-hydrogen) atoms. The third kappa shape index (κ3) is 67.0. The first-order chi connectivity index (χ1) is 9.13. The summed E-state index contributed by atoms with van der Waals surface area (Å²) in [5.41, 5.74) is 1.17. The second kappa shape index (κ2) is 21.5. The van der Waals surface area contributed by atoms with Crippen molar-refractivity contribution in [3.63, 3.8) is 0 Å². The molecule has 0 saturated carbocycles. The maximum Gasteiger partial charge on any atom is 3.00 e. The van der Waals surface area contributed by atoms with Gasteiger partial charge < -0.3 is 13.7 Å². The molecule has 0 aliphatic carbocycles. The van der Waals surface area contributed by atoms with Crippen LogP contribution >= 0.6 is 0 Å². The van der Waals surface area contributed by atoms with Gasteiger partial charge in [0.2, 0.25) is 0 Å². The van der Waals surface area contributed by atoms with Crippen LogP contribution in [0.1, 0.15) is 5.56 Å². The summed E-state index contributed by atoms with van der Waals surface area (Å²) in [6.45, 7) is 3.63. The second-order valence-electron chi connectivity index (χ2n) is 2.29. The Bertz CT molecular complexity index is 492. The molecule has 118 valence electrons. The molecule has 0 aliphatic heterocycles. The molecule has 13 heteroatoms. The fourth-order valence-corrected chi connectivity index (χ4v) is 0.589. The molecule has 0 aromatic heterocycles. The molecule has 0 spiro atoms. The van der Waals surface area contributed by atoms with Crippen LogP contribution in [-0.4, -0.2) is 56.3 Å². The molecule has 0 radical (unpaired) electrons. The summed E-state index contributed by atoms with van der Waals surface area (Å²) in [5.74, 6) is 0. The first-order valence-electron chi connectivity index (χ1n) is 4.25. The Hall–Kier alpha value is -0.778. The molecule has 0 N–H and O–H groups in total. The van der Waals surface area contributed by atoms with Gasteiger partial charge in [-0.2, -0.15) is 0 Å². The number of hydrogen-bond donors (Lipinski definition) is 3. The van der Waals surface area contributed by atoms with Crippen molar-refractivity contribution < 1.29 is 38.9 Å². The Balaban J connectivity index is -0.0000000973. The first kappa shape index (κ1) is 28.4. The molecule has 1 aromatic carbocycles. The predicted molar refractivity (Wildman–Crippen MR) is 75.6 cm³/mol. The van der Waals surface area contributed by atoms with Crippen LogP contribution < -0.4 is 0 Å². The van der Waals surface area contributed by atoms with Crippen LogP contribution in [0, 0.1) is 0 Å². The standard InChI is InChI=1S/C8H8.Al.3H2O3S/c1-2-8-6-4-3-5-7-8;;3*1-4(2)3/h2-7H,1H2;;3*4H,(H,1,2,3)/q;+3;;;/p-3. The van der Waals surface area contributed by atoms with Crippen LogP contribution in [0.5, 0.6) is 0 Å². The van der Waals surface area contributed by atoms with E-state index in [9.17, 15) is 0 Å². The van der Waals surface area contributed by atoms with Crippen molar-refractivity contribution in [2.75, 3.05) is 0 Å². The van der Waals surface area contributed by atoms with E-state index in [2.05, 4.69) is 6.58 Å². The van der Waals surface area contributed by atoms with Gasteiger partial charge >= 0.3 is 17.4 Å². The summed E-state index contributed by atoms with van der Waals surface area (Å²) >= 11 is 0. The van der Waals surface area contributed by atoms with Gasteiger partial charge in [0.25, 0.3) is 0 Å². The fourth-order valence-electron chi connectivity index (χ4n) is 0.589. The zero-order chi connectivity index (χ0) is 16.6. The number of thiol groups is 3. The minimum Gasteiger partial charge on any atom is -0.750 e. The third-order valence-electron chi connectivity index (χ3n) is 1.04. The van der Waals surface area contributed by atoms with Gasteiger partial charge in [-0.05, 0) is 5.56 Å². The molecule has 0 saturated heterocycles. The average molecular weight is 374 g/mol. The Morgan fingerprint density at radius 1 is 0.762 bits per heavy atom. The average Bonchev–Trinajstić information content (AvgIpc) is 2.28. The largest absolute Gasteiger partial charge is 3.00 e. The van der Waals surface area contributed by atoms with E-state index in [0.29, 0.717) is 0 Å². The topological polar surface area (TPSA) is 172 Å². The minimum atomic E-state index is -3.37. The van der Waals surface area contributed by atoms with E-state index >= 15 is 0 Å². The monoisotopic (exact) mass is 374 g/mol. The molecular weight excluding hydrogens is 363 g/mol. The Kier molecular flexibility index (Phi) is 29.1. The van der Waals surface area contributed by atoms with Crippen molar-refractivity contribution in [1.82, 2.24) is 0 Å². The van der Waals surface area contributed by atoms with Crippen LogP contribution in [0.15, 0.2) is 36.9 Å². The summed E-state index contributed by atoms with van der Waals surface area (Å²) in [7, 11) is -10.1. The van der Waals surface area contributed by atoms with Crippen LogP contribution in [0.2, 0.25) is 0 Å². The summed E-state index contributed by atoms with van der Waals surface area (Å²) < 4.78 is 76.3. The first-order valence-corrected chi connectivity index (χ1v) is 7.54. The van der Waals surface area contributed by atoms with E-state index in [4.69, 9.17) is 38.9 Å². The number of hydrogen-bond acceptors (Lipinski definition) is 9. The fraction of sp³-hybridized carbons (Fsp3) is 0. The molecular formula is C8H11AlO9S3. The maximum atomic E-state index is 8.48. The van der Waals surface area contributed by atoms with Crippen molar-refractivity contribution in [1.29, 1.82) is 0 Å². The van der Waals surface area contributed by atoms with Gasteiger partial charge in [0.05, 0.1) is 33.0 Å². The summed E-state index contributed by atoms with van der Waals surface area (Å²) in [5, 5.41) is 0. The van der Waals surface area contributed by atoms with Gasteiger partial charge in [-0.25, -0.2) is 25.3 Å². The van der Waals surface area contributed by atoms with Gasteiger partial charge in [-0.15, -0.1) is 0 Å². The summed E-state index contributed by atoms with van der Waals surface area (Å²) in [6.07, 6.45) is 1.83. The zero-order valence-corrected chi connectivity index (χ0v) is 14.1. The smallest absolute Gasteiger partial charge is 0.750 e. The predicted octanol–water partition coefficient (Wildman–Crippen LogP) is -1.87. The van der Waals surface area contributed by atoms with Gasteiger partial charge in [-0.3, -0.25) is 0 Å². The number of rotatable bonds is 1. The Morgan fingerprint density at radius 3 is 1.14 bits per heavy atom. The zero-order valence-electron chi connectivity index (χ0n) is 10.3. The SMILES string of the molecule is C=Cc1ccccc1.O=[SH](=O)[O-].O=[SH](=O)[O-].O=[SH](=O)[O-].[Al+3]. The van der Waals surface area contributed by atoms with Gasteiger partial charge in [0.15, 0.2) is 0 Å². The van der Waals surface area contributed by atoms with Crippen LogP contribution in [0.25, 0.3) is 6.08 Å². The van der Waals surface area contributed by atoms with Crippen molar-refractivity contribution in [2.45, 2.75) is 0 Å². The Labute approximate surface area is 137 Å². The third-order valence-corrected chi connectivity index (χ3v) is 1.04. The molecule has 0 bridgehead atoms. The van der Waals surface area contributed by atoms with Crippen LogP contribution in [0.4, 0.5) is 0 Å². The van der Waals surface area contributed by atoms with Crippen LogP contribution in [-0.2, 0) is 33.0 Å². The maximum absolute atomic E-state index is 8.48. The van der Waals surface area contributed by atoms with E-state index in [0.717, 1.165) is 0 Å². The van der Waals surface area contributed by atoms with E-state index in [1.165, 1.54) is 5.56 Å². The normalized spacial score (nSPS) is 8.10. The van der Waals surface area contributed by atoms with E-state index in [1.54, 1.807) is 0 Å². The quantitative estimate of drug-likeness (QED) is 0.289. The van der Waals surface area contributed by atoms with Crippen LogP contribution in [0.3, 0.4) is 0 Å². The van der Waals surface area contributed by atoms with Crippen molar-refractivity contribution in [2.24, 2.45) is 0 Å². The molecule has 1 aromatic rings. The van der Waals surface area contributed by atoms with Gasteiger partial charge in [0.1, 0.15) is 0 Å². The van der Waals surface area contributed by atoms with E-state index < -0.39 is 33.0 Å². The van der Waals surface area contributed by atoms with E-state index in [1.807, 2.05) is 36.4 Å². The van der Waals surface area contributed by atoms with Gasteiger partial charge in [-0.1, -0.05) is 43.0 Å². The number of benzene rings is 1. The molecule has 0 unspecified atom stereocenters. The molecule has 1 rings (SSSR count). The summed E-state index contributed by atoms with van der Waals surface area (Å²) in [6, 6.07) is 10.0. The minimum absolute atomic E-state index is 0. The second-order valence-corrected chi connectivity index (χ2v) is 3.63. The molecule has 0 fully saturated rings. The van der Waals surface area contributed by atoms with Gasteiger partial charge in [0, 0.05) is 0 Å². The van der Waals surface area contributed by atoms with Crippen molar-refractivity contribution in [3.05, 3.63) is 42.5 Å². The Morgan fingerprint density at radius 2 is 1.00 bits per heavy atom. The molecule has 0 atom stereocenters. The van der Waals surface area contributed by atoms with Crippen molar-refractivity contribution in [3.8, 4) is 0 Å². The summed E-state index contributed by atoms with van der Waals surface area (Å²) in [4.78, 5) is 0. The molecule has 0 heterocycles. The molecule has 9 nitrogen and oxygen atoms in total. The van der Waals surface area contributed by atoms with Crippen molar-refractivity contribution >= 4 is 56.4 Å².